The van der Waals surface area contributed by atoms with Crippen LogP contribution >= 0.6 is 0 Å². The number of ether oxygens (including phenoxy) is 1. The van der Waals surface area contributed by atoms with E-state index < -0.39 is 17.9 Å². The van der Waals surface area contributed by atoms with Crippen molar-refractivity contribution in [3.63, 3.8) is 0 Å². The highest BCUT2D eigenvalue weighted by Crippen LogP contribution is 2.38. The molecule has 8 nitrogen and oxygen atoms in total. The standard InChI is InChI=1S/C21H28FN5O3/c22-18-15(12-30-21(29)25-20(23)24)2-1-3-17(18)27-10-16(11-27)13-6-8-26(9-7-13)19(28)14-4-5-14/h1-3,13-14,16H,4-12H2,(H4,23,24,25,29). The van der Waals surface area contributed by atoms with Crippen molar-refractivity contribution < 1.29 is 18.7 Å². The van der Waals surface area contributed by atoms with Crippen molar-refractivity contribution in [1.29, 1.82) is 0 Å². The summed E-state index contributed by atoms with van der Waals surface area (Å²) in [6, 6.07) is 5.06. The Morgan fingerprint density at radius 2 is 1.80 bits per heavy atom. The Balaban J connectivity index is 1.28. The minimum Gasteiger partial charge on any atom is -0.443 e. The first-order valence-corrected chi connectivity index (χ1v) is 10.5. The van der Waals surface area contributed by atoms with Crippen LogP contribution in [-0.4, -0.2) is 49.0 Å². The Hall–Kier alpha value is -2.84. The van der Waals surface area contributed by atoms with Gasteiger partial charge in [-0.05, 0) is 43.6 Å². The van der Waals surface area contributed by atoms with Gasteiger partial charge in [0.1, 0.15) is 6.61 Å². The van der Waals surface area contributed by atoms with Crippen molar-refractivity contribution in [1.82, 2.24) is 4.90 Å². The maximum atomic E-state index is 14.9. The number of aliphatic imine (C=N–C) groups is 1. The third kappa shape index (κ3) is 4.49. The van der Waals surface area contributed by atoms with Gasteiger partial charge in [0.05, 0.1) is 5.69 Å². The van der Waals surface area contributed by atoms with Gasteiger partial charge in [-0.1, -0.05) is 12.1 Å². The number of likely N-dealkylation sites (tertiary alicyclic amines) is 1. The van der Waals surface area contributed by atoms with E-state index in [0.717, 1.165) is 51.9 Å². The van der Waals surface area contributed by atoms with E-state index in [1.165, 1.54) is 0 Å². The average molecular weight is 417 g/mol. The molecule has 2 saturated heterocycles. The second-order valence-electron chi connectivity index (χ2n) is 8.44. The molecule has 1 aliphatic carbocycles. The molecule has 1 saturated carbocycles. The zero-order valence-corrected chi connectivity index (χ0v) is 16.9. The number of rotatable bonds is 5. The normalized spacial score (nSPS) is 19.9. The van der Waals surface area contributed by atoms with Crippen molar-refractivity contribution in [2.75, 3.05) is 31.1 Å². The summed E-state index contributed by atoms with van der Waals surface area (Å²) in [5.41, 5.74) is 11.0. The Morgan fingerprint density at radius 1 is 1.10 bits per heavy atom. The third-order valence-corrected chi connectivity index (χ3v) is 6.32. The van der Waals surface area contributed by atoms with Crippen LogP contribution in [0.15, 0.2) is 23.2 Å². The van der Waals surface area contributed by atoms with Gasteiger partial charge in [0.25, 0.3) is 0 Å². The summed E-state index contributed by atoms with van der Waals surface area (Å²) < 4.78 is 19.8. The lowest BCUT2D eigenvalue weighted by molar-refractivity contribution is -0.134. The van der Waals surface area contributed by atoms with Crippen molar-refractivity contribution in [2.45, 2.75) is 32.3 Å². The number of carbonyl (C=O) groups is 2. The van der Waals surface area contributed by atoms with Crippen LogP contribution in [0.25, 0.3) is 0 Å². The lowest BCUT2D eigenvalue weighted by atomic mass is 9.79. The number of guanidine groups is 1. The molecule has 2 heterocycles. The molecule has 0 unspecified atom stereocenters. The molecule has 4 N–H and O–H groups in total. The summed E-state index contributed by atoms with van der Waals surface area (Å²) in [5.74, 6) is 0.932. The lowest BCUT2D eigenvalue weighted by Crippen LogP contribution is -2.53. The predicted molar refractivity (Wildman–Crippen MR) is 110 cm³/mol. The summed E-state index contributed by atoms with van der Waals surface area (Å²) in [7, 11) is 0. The van der Waals surface area contributed by atoms with Crippen LogP contribution in [0.4, 0.5) is 14.9 Å². The second kappa shape index (κ2) is 8.49. The fourth-order valence-corrected chi connectivity index (χ4v) is 4.39. The van der Waals surface area contributed by atoms with Crippen LogP contribution < -0.4 is 16.4 Å². The molecule has 4 rings (SSSR count). The molecule has 0 atom stereocenters. The van der Waals surface area contributed by atoms with E-state index in [2.05, 4.69) is 4.99 Å². The zero-order chi connectivity index (χ0) is 21.3. The Morgan fingerprint density at radius 3 is 2.43 bits per heavy atom. The molecular weight excluding hydrogens is 389 g/mol. The number of carbonyl (C=O) groups excluding carboxylic acids is 2. The molecule has 3 fully saturated rings. The third-order valence-electron chi connectivity index (χ3n) is 6.32. The molecule has 1 aromatic rings. The number of piperidine rings is 1. The summed E-state index contributed by atoms with van der Waals surface area (Å²) in [6.07, 6.45) is 3.21. The van der Waals surface area contributed by atoms with Gasteiger partial charge in [-0.3, -0.25) is 4.79 Å². The monoisotopic (exact) mass is 417 g/mol. The van der Waals surface area contributed by atoms with Crippen molar-refractivity contribution in [3.8, 4) is 0 Å². The number of hydrogen-bond acceptors (Lipinski definition) is 4. The number of amides is 2. The molecule has 0 bridgehead atoms. The van der Waals surface area contributed by atoms with Crippen LogP contribution in [0.1, 0.15) is 31.2 Å². The molecule has 1 aromatic carbocycles. The van der Waals surface area contributed by atoms with Gasteiger partial charge in [-0.25, -0.2) is 9.18 Å². The van der Waals surface area contributed by atoms with E-state index in [0.29, 0.717) is 23.4 Å². The first-order valence-electron chi connectivity index (χ1n) is 10.5. The van der Waals surface area contributed by atoms with Gasteiger partial charge >= 0.3 is 6.09 Å². The van der Waals surface area contributed by atoms with Crippen LogP contribution in [0.5, 0.6) is 0 Å². The van der Waals surface area contributed by atoms with E-state index >= 15 is 0 Å². The molecule has 2 amide bonds. The number of hydrogen-bond donors (Lipinski definition) is 2. The van der Waals surface area contributed by atoms with Crippen molar-refractivity contribution in [2.24, 2.45) is 34.2 Å². The summed E-state index contributed by atoms with van der Waals surface area (Å²) in [4.78, 5) is 30.9. The topological polar surface area (TPSA) is 114 Å². The highest BCUT2D eigenvalue weighted by Gasteiger charge is 2.39. The molecule has 3 aliphatic rings. The van der Waals surface area contributed by atoms with Crippen LogP contribution in [0.2, 0.25) is 0 Å². The van der Waals surface area contributed by atoms with Crippen LogP contribution in [0, 0.1) is 23.6 Å². The highest BCUT2D eigenvalue weighted by molar-refractivity contribution is 5.87. The Labute approximate surface area is 175 Å². The molecule has 9 heteroatoms. The van der Waals surface area contributed by atoms with Crippen LogP contribution in [-0.2, 0) is 16.1 Å². The minimum atomic E-state index is -0.949. The van der Waals surface area contributed by atoms with E-state index in [1.54, 1.807) is 18.2 Å². The smallest absolute Gasteiger partial charge is 0.437 e. The van der Waals surface area contributed by atoms with Gasteiger partial charge in [-0.15, -0.1) is 4.99 Å². The minimum absolute atomic E-state index is 0.236. The van der Waals surface area contributed by atoms with E-state index in [4.69, 9.17) is 16.2 Å². The number of halogens is 1. The number of nitrogens with zero attached hydrogens (tertiary/aromatic N) is 3. The predicted octanol–water partition coefficient (Wildman–Crippen LogP) is 1.82. The zero-order valence-electron chi connectivity index (χ0n) is 16.9. The molecule has 0 aromatic heterocycles. The highest BCUT2D eigenvalue weighted by atomic mass is 19.1. The van der Waals surface area contributed by atoms with E-state index in [1.807, 2.05) is 9.80 Å². The lowest BCUT2D eigenvalue weighted by Gasteiger charge is -2.47. The second-order valence-corrected chi connectivity index (χ2v) is 8.44. The van der Waals surface area contributed by atoms with Gasteiger partial charge in [0, 0.05) is 37.7 Å². The first-order chi connectivity index (χ1) is 14.4. The maximum Gasteiger partial charge on any atom is 0.437 e. The molecular formula is C21H28FN5O3. The fourth-order valence-electron chi connectivity index (χ4n) is 4.39. The molecule has 30 heavy (non-hydrogen) atoms. The van der Waals surface area contributed by atoms with Crippen molar-refractivity contribution >= 4 is 23.6 Å². The quantitative estimate of drug-likeness (QED) is 0.558. The Bertz CT molecular complexity index is 839. The maximum absolute atomic E-state index is 14.9. The van der Waals surface area contributed by atoms with Gasteiger partial charge in [0.15, 0.2) is 11.8 Å². The summed E-state index contributed by atoms with van der Waals surface area (Å²) in [6.45, 7) is 3.06. The fraction of sp³-hybridized carbons (Fsp3) is 0.571. The van der Waals surface area contributed by atoms with Gasteiger partial charge in [0.2, 0.25) is 5.91 Å². The van der Waals surface area contributed by atoms with Crippen LogP contribution in [0.3, 0.4) is 0 Å². The molecule has 0 spiro atoms. The number of benzene rings is 1. The average Bonchev–Trinajstić information content (AvgIpc) is 3.52. The largest absolute Gasteiger partial charge is 0.443 e. The number of nitrogens with two attached hydrogens (primary N) is 2. The van der Waals surface area contributed by atoms with Gasteiger partial charge in [-0.2, -0.15) is 0 Å². The van der Waals surface area contributed by atoms with Crippen molar-refractivity contribution in [3.05, 3.63) is 29.6 Å². The SMILES string of the molecule is NC(N)=NC(=O)OCc1cccc(N2CC(C3CCN(C(=O)C4CC4)CC3)C2)c1F. The summed E-state index contributed by atoms with van der Waals surface area (Å²) >= 11 is 0. The van der Waals surface area contributed by atoms with E-state index in [9.17, 15) is 14.0 Å². The molecule has 2 aliphatic heterocycles. The summed E-state index contributed by atoms with van der Waals surface area (Å²) in [5, 5.41) is 0. The molecule has 162 valence electrons. The van der Waals surface area contributed by atoms with E-state index in [-0.39, 0.29) is 18.1 Å². The number of anilines is 1. The Kier molecular flexibility index (Phi) is 5.78. The van der Waals surface area contributed by atoms with Gasteiger partial charge < -0.3 is 26.0 Å². The molecule has 0 radical (unpaired) electrons. The first kappa shape index (κ1) is 20.4.